The molecule has 4 nitrogen and oxygen atoms in total. The SMILES string of the molecule is CC.CC.CC.CC1=C(c2ccc(OCc3ccccc3)cc2)C(C)(O)OC1=O. The molecule has 0 saturated heterocycles. The molecule has 0 aromatic heterocycles. The number of aliphatic hydroxyl groups is 1. The third kappa shape index (κ3) is 7.39. The van der Waals surface area contributed by atoms with Crippen LogP contribution in [0.1, 0.15) is 66.5 Å². The summed E-state index contributed by atoms with van der Waals surface area (Å²) in [5.74, 6) is -1.36. The molecule has 160 valence electrons. The first-order valence-electron chi connectivity index (χ1n) is 10.4. The van der Waals surface area contributed by atoms with Crippen LogP contribution in [0.5, 0.6) is 5.75 Å². The first-order chi connectivity index (χ1) is 14.0. The number of hydrogen-bond donors (Lipinski definition) is 1. The monoisotopic (exact) mass is 400 g/mol. The van der Waals surface area contributed by atoms with Gasteiger partial charge in [0.25, 0.3) is 0 Å². The van der Waals surface area contributed by atoms with Crippen LogP contribution >= 0.6 is 0 Å². The van der Waals surface area contributed by atoms with E-state index < -0.39 is 11.8 Å². The Morgan fingerprint density at radius 2 is 1.41 bits per heavy atom. The van der Waals surface area contributed by atoms with Crippen molar-refractivity contribution in [1.29, 1.82) is 0 Å². The van der Waals surface area contributed by atoms with Crippen molar-refractivity contribution in [2.24, 2.45) is 0 Å². The number of benzene rings is 2. The summed E-state index contributed by atoms with van der Waals surface area (Å²) in [7, 11) is 0. The Hall–Kier alpha value is -2.59. The van der Waals surface area contributed by atoms with Crippen LogP contribution in [0.2, 0.25) is 0 Å². The van der Waals surface area contributed by atoms with Crippen LogP contribution in [0.4, 0.5) is 0 Å². The summed E-state index contributed by atoms with van der Waals surface area (Å²) in [6.45, 7) is 15.6. The summed E-state index contributed by atoms with van der Waals surface area (Å²) < 4.78 is 10.7. The highest BCUT2D eigenvalue weighted by atomic mass is 16.7. The summed E-state index contributed by atoms with van der Waals surface area (Å²) in [5.41, 5.74) is 2.75. The second-order valence-corrected chi connectivity index (χ2v) is 5.67. The minimum Gasteiger partial charge on any atom is -0.489 e. The van der Waals surface area contributed by atoms with Gasteiger partial charge in [-0.15, -0.1) is 0 Å². The zero-order chi connectivity index (χ0) is 22.4. The highest BCUT2D eigenvalue weighted by Gasteiger charge is 2.41. The molecule has 0 fully saturated rings. The van der Waals surface area contributed by atoms with Crippen molar-refractivity contribution in [3.63, 3.8) is 0 Å². The van der Waals surface area contributed by atoms with Crippen molar-refractivity contribution < 1.29 is 19.4 Å². The highest BCUT2D eigenvalue weighted by molar-refractivity contribution is 6.03. The zero-order valence-corrected chi connectivity index (χ0v) is 19.1. The minimum absolute atomic E-state index is 0.424. The van der Waals surface area contributed by atoms with Crippen LogP contribution in [0.25, 0.3) is 5.57 Å². The second kappa shape index (κ2) is 13.6. The van der Waals surface area contributed by atoms with Gasteiger partial charge in [0.1, 0.15) is 12.4 Å². The van der Waals surface area contributed by atoms with E-state index >= 15 is 0 Å². The van der Waals surface area contributed by atoms with Gasteiger partial charge < -0.3 is 14.6 Å². The van der Waals surface area contributed by atoms with Gasteiger partial charge in [-0.25, -0.2) is 4.79 Å². The van der Waals surface area contributed by atoms with Crippen molar-refractivity contribution in [2.75, 3.05) is 0 Å². The van der Waals surface area contributed by atoms with E-state index in [1.807, 2.05) is 96.1 Å². The van der Waals surface area contributed by atoms with Gasteiger partial charge in [-0.2, -0.15) is 0 Å². The third-order valence-electron chi connectivity index (χ3n) is 3.83. The van der Waals surface area contributed by atoms with Gasteiger partial charge in [-0.3, -0.25) is 0 Å². The van der Waals surface area contributed by atoms with E-state index in [0.29, 0.717) is 17.8 Å². The lowest BCUT2D eigenvalue weighted by Gasteiger charge is -2.20. The standard InChI is InChI=1S/C19H18O4.3C2H6/c1-13-17(19(2,21)23-18(13)20)15-8-10-16(11-9-15)22-12-14-6-4-3-5-7-14;3*1-2/h3-11,21H,12H2,1-2H3;3*1-2H3. The molecule has 0 bridgehead atoms. The van der Waals surface area contributed by atoms with E-state index in [4.69, 9.17) is 9.47 Å². The van der Waals surface area contributed by atoms with E-state index in [9.17, 15) is 9.90 Å². The third-order valence-corrected chi connectivity index (χ3v) is 3.83. The molecule has 1 aliphatic rings. The molecular weight excluding hydrogens is 364 g/mol. The molecule has 1 heterocycles. The maximum absolute atomic E-state index is 11.6. The van der Waals surface area contributed by atoms with E-state index in [1.54, 1.807) is 6.92 Å². The van der Waals surface area contributed by atoms with Crippen LogP contribution in [0, 0.1) is 0 Å². The molecule has 0 amide bonds. The molecule has 29 heavy (non-hydrogen) atoms. The number of ether oxygens (including phenoxy) is 2. The fourth-order valence-corrected chi connectivity index (χ4v) is 2.70. The fourth-order valence-electron chi connectivity index (χ4n) is 2.70. The van der Waals surface area contributed by atoms with E-state index in [2.05, 4.69) is 0 Å². The summed E-state index contributed by atoms with van der Waals surface area (Å²) in [5, 5.41) is 10.2. The van der Waals surface area contributed by atoms with E-state index in [0.717, 1.165) is 16.9 Å². The first kappa shape index (κ1) is 26.4. The topological polar surface area (TPSA) is 55.8 Å². The molecule has 1 N–H and O–H groups in total. The van der Waals surface area contributed by atoms with Gasteiger partial charge >= 0.3 is 5.97 Å². The number of rotatable bonds is 4. The average Bonchev–Trinajstić information content (AvgIpc) is 2.98. The molecule has 0 radical (unpaired) electrons. The lowest BCUT2D eigenvalue weighted by Crippen LogP contribution is -2.26. The van der Waals surface area contributed by atoms with Crippen LogP contribution in [-0.4, -0.2) is 16.9 Å². The van der Waals surface area contributed by atoms with Gasteiger partial charge in [0.05, 0.1) is 0 Å². The van der Waals surface area contributed by atoms with E-state index in [1.165, 1.54) is 6.92 Å². The Bertz CT molecular complexity index is 744. The predicted octanol–water partition coefficient (Wildman–Crippen LogP) is 6.38. The number of carbonyl (C=O) groups is 1. The van der Waals surface area contributed by atoms with Gasteiger partial charge in [0, 0.05) is 18.1 Å². The van der Waals surface area contributed by atoms with Crippen LogP contribution in [-0.2, 0) is 16.1 Å². The normalized spacial score (nSPS) is 16.9. The molecular formula is C25H36O4. The van der Waals surface area contributed by atoms with Crippen molar-refractivity contribution in [2.45, 2.75) is 67.8 Å². The van der Waals surface area contributed by atoms with Crippen LogP contribution in [0.3, 0.4) is 0 Å². The molecule has 2 aromatic carbocycles. The quantitative estimate of drug-likeness (QED) is 0.605. The Balaban J connectivity index is 0.00000120. The maximum atomic E-state index is 11.6. The molecule has 1 atom stereocenters. The Morgan fingerprint density at radius 3 is 1.86 bits per heavy atom. The van der Waals surface area contributed by atoms with Gasteiger partial charge in [-0.05, 0) is 30.2 Å². The number of hydrogen-bond acceptors (Lipinski definition) is 4. The number of carbonyl (C=O) groups excluding carboxylic acids is 1. The van der Waals surface area contributed by atoms with Gasteiger partial charge in [-0.1, -0.05) is 84.0 Å². The second-order valence-electron chi connectivity index (χ2n) is 5.67. The summed E-state index contributed by atoms with van der Waals surface area (Å²) >= 11 is 0. The number of esters is 1. The largest absolute Gasteiger partial charge is 0.489 e. The van der Waals surface area contributed by atoms with Crippen molar-refractivity contribution in [3.8, 4) is 5.75 Å². The van der Waals surface area contributed by atoms with Crippen LogP contribution < -0.4 is 4.74 Å². The molecule has 1 aliphatic heterocycles. The average molecular weight is 401 g/mol. The van der Waals surface area contributed by atoms with Crippen LogP contribution in [0.15, 0.2) is 60.2 Å². The van der Waals surface area contributed by atoms with Crippen molar-refractivity contribution in [3.05, 3.63) is 71.3 Å². The molecule has 0 spiro atoms. The fraction of sp³-hybridized carbons (Fsp3) is 0.400. The maximum Gasteiger partial charge on any atom is 0.337 e. The molecule has 2 aromatic rings. The smallest absolute Gasteiger partial charge is 0.337 e. The molecule has 0 aliphatic carbocycles. The van der Waals surface area contributed by atoms with E-state index in [-0.39, 0.29) is 0 Å². The lowest BCUT2D eigenvalue weighted by molar-refractivity contribution is -0.170. The molecule has 1 unspecified atom stereocenters. The molecule has 3 rings (SSSR count). The minimum atomic E-state index is -1.59. The number of cyclic esters (lactones) is 1. The Kier molecular flexibility index (Phi) is 12.4. The lowest BCUT2D eigenvalue weighted by atomic mass is 9.96. The van der Waals surface area contributed by atoms with Gasteiger partial charge in [0.2, 0.25) is 5.79 Å². The summed E-state index contributed by atoms with van der Waals surface area (Å²) in [4.78, 5) is 11.6. The predicted molar refractivity (Wildman–Crippen MR) is 121 cm³/mol. The summed E-state index contributed by atoms with van der Waals surface area (Å²) in [6, 6.07) is 17.2. The Morgan fingerprint density at radius 1 is 0.897 bits per heavy atom. The first-order valence-corrected chi connectivity index (χ1v) is 10.4. The van der Waals surface area contributed by atoms with Crippen molar-refractivity contribution in [1.82, 2.24) is 0 Å². The molecule has 4 heteroatoms. The zero-order valence-electron chi connectivity index (χ0n) is 19.1. The van der Waals surface area contributed by atoms with Crippen molar-refractivity contribution >= 4 is 11.5 Å². The Labute approximate surface area is 176 Å². The highest BCUT2D eigenvalue weighted by Crippen LogP contribution is 2.38. The molecule has 0 saturated carbocycles. The summed E-state index contributed by atoms with van der Waals surface area (Å²) in [6.07, 6.45) is 0. The van der Waals surface area contributed by atoms with Gasteiger partial charge in [0.15, 0.2) is 0 Å².